The zero-order chi connectivity index (χ0) is 24.0. The highest BCUT2D eigenvalue weighted by molar-refractivity contribution is 5.99. The molecule has 2 aromatic carbocycles. The van der Waals surface area contributed by atoms with E-state index in [1.54, 1.807) is 16.3 Å². The molecule has 1 aliphatic rings. The molecule has 33 heavy (non-hydrogen) atoms. The molecular formula is C24H26F3N3O3. The Morgan fingerprint density at radius 2 is 1.79 bits per heavy atom. The van der Waals surface area contributed by atoms with Crippen molar-refractivity contribution < 1.29 is 27.6 Å². The molecule has 0 radical (unpaired) electrons. The first kappa shape index (κ1) is 24.3. The van der Waals surface area contributed by atoms with Gasteiger partial charge in [0.05, 0.1) is 13.1 Å². The van der Waals surface area contributed by atoms with Gasteiger partial charge in [-0.05, 0) is 49.9 Å². The van der Waals surface area contributed by atoms with E-state index in [0.717, 1.165) is 30.9 Å². The molecule has 0 saturated carbocycles. The van der Waals surface area contributed by atoms with Crippen LogP contribution < -0.4 is 10.2 Å². The molecule has 0 aliphatic carbocycles. The van der Waals surface area contributed by atoms with Gasteiger partial charge in [0.15, 0.2) is 5.78 Å². The van der Waals surface area contributed by atoms with Gasteiger partial charge in [0.2, 0.25) is 0 Å². The van der Waals surface area contributed by atoms with Gasteiger partial charge in [-0.15, -0.1) is 0 Å². The van der Waals surface area contributed by atoms with Crippen molar-refractivity contribution in [2.24, 2.45) is 0 Å². The molecule has 176 valence electrons. The maximum absolute atomic E-state index is 14.9. The minimum Gasteiger partial charge on any atom is -0.344 e. The monoisotopic (exact) mass is 461 g/mol. The van der Waals surface area contributed by atoms with Crippen molar-refractivity contribution in [1.82, 2.24) is 10.2 Å². The van der Waals surface area contributed by atoms with Crippen LogP contribution in [0, 0.1) is 12.7 Å². The minimum absolute atomic E-state index is 0.0405. The first-order valence-corrected chi connectivity index (χ1v) is 10.8. The van der Waals surface area contributed by atoms with Crippen LogP contribution in [-0.2, 0) is 11.3 Å². The van der Waals surface area contributed by atoms with Gasteiger partial charge in [0.1, 0.15) is 5.82 Å². The first-order valence-electron chi connectivity index (χ1n) is 10.8. The van der Waals surface area contributed by atoms with Crippen LogP contribution in [-0.4, -0.2) is 48.7 Å². The summed E-state index contributed by atoms with van der Waals surface area (Å²) in [5, 5.41) is 1.81. The summed E-state index contributed by atoms with van der Waals surface area (Å²) in [6.45, 7) is 2.48. The Bertz CT molecular complexity index is 1020. The van der Waals surface area contributed by atoms with E-state index in [-0.39, 0.29) is 23.7 Å². The summed E-state index contributed by atoms with van der Waals surface area (Å²) in [6, 6.07) is 10.9. The van der Waals surface area contributed by atoms with Gasteiger partial charge >= 0.3 is 12.5 Å². The SMILES string of the molecule is Cc1cccc(N(Cc2ccc(C(=O)CNC(=O)C(F)F)cc2F)C(=O)N2CCCCC2)c1. The molecule has 1 N–H and O–H groups in total. The topological polar surface area (TPSA) is 69.7 Å². The molecule has 1 aliphatic heterocycles. The number of amides is 3. The van der Waals surface area contributed by atoms with E-state index in [9.17, 15) is 27.6 Å². The van der Waals surface area contributed by atoms with E-state index < -0.39 is 30.5 Å². The van der Waals surface area contributed by atoms with Gasteiger partial charge in [0.25, 0.3) is 5.91 Å². The second-order valence-corrected chi connectivity index (χ2v) is 8.00. The highest BCUT2D eigenvalue weighted by Crippen LogP contribution is 2.24. The fraction of sp³-hybridized carbons (Fsp3) is 0.375. The number of urea groups is 1. The van der Waals surface area contributed by atoms with E-state index in [1.807, 2.05) is 25.1 Å². The summed E-state index contributed by atoms with van der Waals surface area (Å²) in [4.78, 5) is 39.6. The predicted molar refractivity (Wildman–Crippen MR) is 118 cm³/mol. The molecule has 0 spiro atoms. The molecule has 3 amide bonds. The molecule has 0 aromatic heterocycles. The Morgan fingerprint density at radius 3 is 2.42 bits per heavy atom. The zero-order valence-corrected chi connectivity index (χ0v) is 18.3. The molecule has 9 heteroatoms. The summed E-state index contributed by atoms with van der Waals surface area (Å²) in [5.74, 6) is -2.97. The molecular weight excluding hydrogens is 435 g/mol. The van der Waals surface area contributed by atoms with Crippen molar-refractivity contribution in [3.63, 3.8) is 0 Å². The number of rotatable bonds is 7. The second-order valence-electron chi connectivity index (χ2n) is 8.00. The normalized spacial score (nSPS) is 13.7. The summed E-state index contributed by atoms with van der Waals surface area (Å²) < 4.78 is 39.4. The Balaban J connectivity index is 1.80. The third-order valence-electron chi connectivity index (χ3n) is 5.50. The Hall–Kier alpha value is -3.36. The zero-order valence-electron chi connectivity index (χ0n) is 18.3. The standard InChI is InChI=1S/C24H26F3N3O3/c1-16-6-5-7-19(12-16)30(24(33)29-10-3-2-4-11-29)15-18-9-8-17(13-20(18)25)21(31)14-28-23(32)22(26)27/h5-9,12-13,22H,2-4,10-11,14-15H2,1H3,(H,28,32). The lowest BCUT2D eigenvalue weighted by atomic mass is 10.1. The molecule has 1 heterocycles. The largest absolute Gasteiger partial charge is 0.344 e. The van der Waals surface area contributed by atoms with Gasteiger partial charge in [0, 0.05) is 29.9 Å². The number of hydrogen-bond acceptors (Lipinski definition) is 3. The Labute approximate surface area is 190 Å². The second kappa shape index (κ2) is 11.0. The van der Waals surface area contributed by atoms with Crippen molar-refractivity contribution in [3.05, 3.63) is 65.0 Å². The smallest absolute Gasteiger partial charge is 0.324 e. The number of hydrogen-bond donors (Lipinski definition) is 1. The number of benzene rings is 2. The first-order chi connectivity index (χ1) is 15.8. The molecule has 1 fully saturated rings. The summed E-state index contributed by atoms with van der Waals surface area (Å²) in [6.07, 6.45) is -0.334. The summed E-state index contributed by atoms with van der Waals surface area (Å²) >= 11 is 0. The molecule has 0 atom stereocenters. The van der Waals surface area contributed by atoms with Crippen LogP contribution in [0.4, 0.5) is 23.7 Å². The minimum atomic E-state index is -3.23. The number of halogens is 3. The number of carbonyl (C=O) groups excluding carboxylic acids is 3. The molecule has 6 nitrogen and oxygen atoms in total. The Kier molecular flexibility index (Phi) is 8.08. The lowest BCUT2D eigenvalue weighted by molar-refractivity contribution is -0.131. The molecule has 0 bridgehead atoms. The van der Waals surface area contributed by atoms with Crippen molar-refractivity contribution in [1.29, 1.82) is 0 Å². The lowest BCUT2D eigenvalue weighted by Crippen LogP contribution is -2.45. The predicted octanol–water partition coefficient (Wildman–Crippen LogP) is 4.31. The van der Waals surface area contributed by atoms with Crippen LogP contribution in [0.1, 0.15) is 40.7 Å². The number of alkyl halides is 2. The number of carbonyl (C=O) groups is 3. The number of nitrogens with zero attached hydrogens (tertiary/aromatic N) is 2. The quantitative estimate of drug-likeness (QED) is 0.625. The van der Waals surface area contributed by atoms with Gasteiger partial charge in [-0.3, -0.25) is 14.5 Å². The number of ketones is 1. The van der Waals surface area contributed by atoms with E-state index in [2.05, 4.69) is 0 Å². The van der Waals surface area contributed by atoms with Gasteiger partial charge < -0.3 is 10.2 Å². The summed E-state index contributed by atoms with van der Waals surface area (Å²) in [5.41, 5.74) is 1.74. The molecule has 2 aromatic rings. The number of Topliss-reactive ketones (excluding diaryl/α,β-unsaturated/α-hetero) is 1. The Morgan fingerprint density at radius 1 is 1.06 bits per heavy atom. The van der Waals surface area contributed by atoms with Crippen molar-refractivity contribution in [3.8, 4) is 0 Å². The molecule has 1 saturated heterocycles. The average Bonchev–Trinajstić information content (AvgIpc) is 2.81. The fourth-order valence-electron chi connectivity index (χ4n) is 3.69. The van der Waals surface area contributed by atoms with E-state index in [4.69, 9.17) is 0 Å². The van der Waals surface area contributed by atoms with Crippen molar-refractivity contribution in [2.45, 2.75) is 39.2 Å². The average molecular weight is 461 g/mol. The van der Waals surface area contributed by atoms with Crippen LogP contribution in [0.25, 0.3) is 0 Å². The highest BCUT2D eigenvalue weighted by Gasteiger charge is 2.25. The highest BCUT2D eigenvalue weighted by atomic mass is 19.3. The number of anilines is 1. The van der Waals surface area contributed by atoms with Gasteiger partial charge in [-0.2, -0.15) is 8.78 Å². The fourth-order valence-corrected chi connectivity index (χ4v) is 3.69. The van der Waals surface area contributed by atoms with E-state index in [0.29, 0.717) is 18.8 Å². The van der Waals surface area contributed by atoms with Crippen molar-refractivity contribution >= 4 is 23.4 Å². The third kappa shape index (κ3) is 6.34. The number of piperidine rings is 1. The summed E-state index contributed by atoms with van der Waals surface area (Å²) in [7, 11) is 0. The number of nitrogens with one attached hydrogen (secondary N) is 1. The van der Waals surface area contributed by atoms with Gasteiger partial charge in [-0.1, -0.05) is 24.3 Å². The van der Waals surface area contributed by atoms with Crippen LogP contribution in [0.3, 0.4) is 0 Å². The van der Waals surface area contributed by atoms with E-state index >= 15 is 0 Å². The third-order valence-corrected chi connectivity index (χ3v) is 5.50. The van der Waals surface area contributed by atoms with Gasteiger partial charge in [-0.25, -0.2) is 9.18 Å². The van der Waals surface area contributed by atoms with Crippen LogP contribution in [0.15, 0.2) is 42.5 Å². The maximum Gasteiger partial charge on any atom is 0.324 e. The van der Waals surface area contributed by atoms with Crippen LogP contribution >= 0.6 is 0 Å². The number of aryl methyl sites for hydroxylation is 1. The van der Waals surface area contributed by atoms with Crippen LogP contribution in [0.5, 0.6) is 0 Å². The lowest BCUT2D eigenvalue weighted by Gasteiger charge is -2.33. The molecule has 0 unspecified atom stereocenters. The van der Waals surface area contributed by atoms with E-state index in [1.165, 1.54) is 17.0 Å². The molecule has 3 rings (SSSR count). The van der Waals surface area contributed by atoms with Crippen LogP contribution in [0.2, 0.25) is 0 Å². The number of likely N-dealkylation sites (tertiary alicyclic amines) is 1. The maximum atomic E-state index is 14.9. The van der Waals surface area contributed by atoms with Crippen molar-refractivity contribution in [2.75, 3.05) is 24.5 Å².